The van der Waals surface area contributed by atoms with Gasteiger partial charge in [-0.05, 0) is 42.3 Å². The van der Waals surface area contributed by atoms with Crippen LogP contribution in [0.5, 0.6) is 11.5 Å². The first-order valence-corrected chi connectivity index (χ1v) is 8.50. The normalized spacial score (nSPS) is 16.8. The number of hydrogen-bond donors (Lipinski definition) is 1. The van der Waals surface area contributed by atoms with E-state index in [1.807, 2.05) is 24.3 Å². The minimum absolute atomic E-state index is 0.163. The Kier molecular flexibility index (Phi) is 5.53. The summed E-state index contributed by atoms with van der Waals surface area (Å²) in [5.41, 5.74) is 1.63. The van der Waals surface area contributed by atoms with Crippen LogP contribution in [0.3, 0.4) is 0 Å². The summed E-state index contributed by atoms with van der Waals surface area (Å²) in [5.74, 6) is 1.08. The molecule has 1 atom stereocenters. The van der Waals surface area contributed by atoms with E-state index >= 15 is 0 Å². The first kappa shape index (κ1) is 17.9. The van der Waals surface area contributed by atoms with Gasteiger partial charge in [0.15, 0.2) is 0 Å². The summed E-state index contributed by atoms with van der Waals surface area (Å²) in [7, 11) is 3.21. The number of carbonyl (C=O) groups excluding carboxylic acids is 2. The van der Waals surface area contributed by atoms with Crippen LogP contribution in [0.1, 0.15) is 12.0 Å². The maximum absolute atomic E-state index is 12.6. The van der Waals surface area contributed by atoms with E-state index in [1.165, 1.54) is 4.90 Å². The average molecular weight is 354 g/mol. The van der Waals surface area contributed by atoms with Gasteiger partial charge in [-0.15, -0.1) is 0 Å². The number of rotatable bonds is 7. The highest BCUT2D eigenvalue weighted by Gasteiger charge is 2.39. The number of benzene rings is 2. The number of hydrogen-bond acceptors (Lipinski definition) is 5. The summed E-state index contributed by atoms with van der Waals surface area (Å²) >= 11 is 0. The molecule has 0 bridgehead atoms. The van der Waals surface area contributed by atoms with E-state index in [2.05, 4.69) is 5.32 Å². The number of anilines is 1. The number of ether oxygens (including phenoxy) is 2. The number of methoxy groups -OCH3 is 2. The van der Waals surface area contributed by atoms with E-state index < -0.39 is 6.04 Å². The standard InChI is InChI=1S/C20H22N2O4/c1-25-16-9-7-15(8-10-16)22-19(23)13-17(20(22)24)21-12-11-14-5-3-4-6-18(14)26-2/h3-10,17,21H,11-13H2,1-2H3/t17-/m1/s1. The van der Waals surface area contributed by atoms with Gasteiger partial charge in [0, 0.05) is 6.54 Å². The lowest BCUT2D eigenvalue weighted by Crippen LogP contribution is -2.39. The highest BCUT2D eigenvalue weighted by molar-refractivity contribution is 6.22. The molecule has 6 heteroatoms. The fourth-order valence-electron chi connectivity index (χ4n) is 3.08. The van der Waals surface area contributed by atoms with Crippen molar-refractivity contribution in [2.75, 3.05) is 25.7 Å². The third-order valence-electron chi connectivity index (χ3n) is 4.45. The van der Waals surface area contributed by atoms with E-state index in [0.717, 1.165) is 11.3 Å². The molecule has 26 heavy (non-hydrogen) atoms. The van der Waals surface area contributed by atoms with Gasteiger partial charge in [-0.25, -0.2) is 4.90 Å². The molecule has 2 aromatic rings. The highest BCUT2D eigenvalue weighted by atomic mass is 16.5. The zero-order valence-electron chi connectivity index (χ0n) is 14.9. The number of para-hydroxylation sites is 1. The van der Waals surface area contributed by atoms with Crippen LogP contribution in [0.4, 0.5) is 5.69 Å². The van der Waals surface area contributed by atoms with Crippen molar-refractivity contribution in [2.24, 2.45) is 0 Å². The fraction of sp³-hybridized carbons (Fsp3) is 0.300. The van der Waals surface area contributed by atoms with Gasteiger partial charge >= 0.3 is 0 Å². The largest absolute Gasteiger partial charge is 0.497 e. The summed E-state index contributed by atoms with van der Waals surface area (Å²) in [6.45, 7) is 0.584. The quantitative estimate of drug-likeness (QED) is 0.772. The molecular formula is C20H22N2O4. The summed E-state index contributed by atoms with van der Waals surface area (Å²) in [4.78, 5) is 26.2. The van der Waals surface area contributed by atoms with E-state index in [-0.39, 0.29) is 18.2 Å². The third kappa shape index (κ3) is 3.70. The van der Waals surface area contributed by atoms with Crippen molar-refractivity contribution in [1.29, 1.82) is 0 Å². The molecule has 2 aromatic carbocycles. The Morgan fingerprint density at radius 1 is 1.04 bits per heavy atom. The lowest BCUT2D eigenvalue weighted by atomic mass is 10.1. The topological polar surface area (TPSA) is 67.9 Å². The van der Waals surface area contributed by atoms with Crippen molar-refractivity contribution in [3.63, 3.8) is 0 Å². The molecule has 1 aliphatic rings. The first-order chi connectivity index (χ1) is 12.6. The van der Waals surface area contributed by atoms with Crippen LogP contribution in [0, 0.1) is 0 Å². The molecule has 1 aliphatic heterocycles. The SMILES string of the molecule is COc1ccc(N2C(=O)C[C@@H](NCCc3ccccc3OC)C2=O)cc1. The number of nitrogens with zero attached hydrogens (tertiary/aromatic N) is 1. The van der Waals surface area contributed by atoms with Crippen molar-refractivity contribution in [3.05, 3.63) is 54.1 Å². The predicted molar refractivity (Wildman–Crippen MR) is 98.6 cm³/mol. The van der Waals surface area contributed by atoms with Crippen molar-refractivity contribution in [3.8, 4) is 11.5 Å². The lowest BCUT2D eigenvalue weighted by molar-refractivity contribution is -0.121. The molecule has 0 radical (unpaired) electrons. The maximum Gasteiger partial charge on any atom is 0.251 e. The second-order valence-electron chi connectivity index (χ2n) is 6.04. The fourth-order valence-corrected chi connectivity index (χ4v) is 3.08. The Labute approximate surface area is 152 Å². The smallest absolute Gasteiger partial charge is 0.251 e. The van der Waals surface area contributed by atoms with Crippen LogP contribution in [-0.2, 0) is 16.0 Å². The molecule has 136 valence electrons. The summed E-state index contributed by atoms with van der Waals surface area (Å²) in [5, 5.41) is 3.19. The van der Waals surface area contributed by atoms with Gasteiger partial charge in [0.1, 0.15) is 11.5 Å². The molecule has 1 N–H and O–H groups in total. The molecule has 1 saturated heterocycles. The van der Waals surface area contributed by atoms with E-state index in [0.29, 0.717) is 24.4 Å². The van der Waals surface area contributed by atoms with Crippen LogP contribution in [0.25, 0.3) is 0 Å². The Bertz CT molecular complexity index is 789. The third-order valence-corrected chi connectivity index (χ3v) is 4.45. The number of amides is 2. The first-order valence-electron chi connectivity index (χ1n) is 8.50. The van der Waals surface area contributed by atoms with Crippen molar-refractivity contribution in [1.82, 2.24) is 5.32 Å². The van der Waals surface area contributed by atoms with Gasteiger partial charge < -0.3 is 14.8 Å². The van der Waals surface area contributed by atoms with Crippen molar-refractivity contribution < 1.29 is 19.1 Å². The van der Waals surface area contributed by atoms with Crippen LogP contribution in [0.2, 0.25) is 0 Å². The van der Waals surface area contributed by atoms with Crippen LogP contribution >= 0.6 is 0 Å². The maximum atomic E-state index is 12.6. The van der Waals surface area contributed by atoms with E-state index in [1.54, 1.807) is 38.5 Å². The molecule has 0 unspecified atom stereocenters. The van der Waals surface area contributed by atoms with Crippen molar-refractivity contribution in [2.45, 2.75) is 18.9 Å². The van der Waals surface area contributed by atoms with Gasteiger partial charge in [0.2, 0.25) is 5.91 Å². The minimum Gasteiger partial charge on any atom is -0.497 e. The summed E-state index contributed by atoms with van der Waals surface area (Å²) in [6, 6.07) is 14.2. The van der Waals surface area contributed by atoms with Gasteiger partial charge in [0.25, 0.3) is 5.91 Å². The summed E-state index contributed by atoms with van der Waals surface area (Å²) in [6.07, 6.45) is 0.876. The molecule has 6 nitrogen and oxygen atoms in total. The monoisotopic (exact) mass is 354 g/mol. The number of nitrogens with one attached hydrogen (secondary N) is 1. The van der Waals surface area contributed by atoms with Gasteiger partial charge in [0.05, 0.1) is 32.4 Å². The molecule has 2 amide bonds. The Hall–Kier alpha value is -2.86. The van der Waals surface area contributed by atoms with E-state index in [9.17, 15) is 9.59 Å². The van der Waals surface area contributed by atoms with Crippen LogP contribution in [-0.4, -0.2) is 38.6 Å². The molecule has 3 rings (SSSR count). The number of carbonyl (C=O) groups is 2. The van der Waals surface area contributed by atoms with Gasteiger partial charge in [-0.3, -0.25) is 9.59 Å². The Morgan fingerprint density at radius 3 is 2.46 bits per heavy atom. The molecule has 1 heterocycles. The lowest BCUT2D eigenvalue weighted by Gasteiger charge is -2.16. The second-order valence-corrected chi connectivity index (χ2v) is 6.04. The molecule has 0 spiro atoms. The van der Waals surface area contributed by atoms with Crippen LogP contribution in [0.15, 0.2) is 48.5 Å². The zero-order valence-corrected chi connectivity index (χ0v) is 14.9. The molecule has 0 aliphatic carbocycles. The predicted octanol–water partition coefficient (Wildman–Crippen LogP) is 2.17. The summed E-state index contributed by atoms with van der Waals surface area (Å²) < 4.78 is 10.4. The molecule has 1 fully saturated rings. The Balaban J connectivity index is 1.61. The zero-order chi connectivity index (χ0) is 18.5. The van der Waals surface area contributed by atoms with E-state index in [4.69, 9.17) is 9.47 Å². The molecule has 0 aromatic heterocycles. The highest BCUT2D eigenvalue weighted by Crippen LogP contribution is 2.25. The number of imide groups is 1. The Morgan fingerprint density at radius 2 is 1.77 bits per heavy atom. The average Bonchev–Trinajstić information content (AvgIpc) is 2.95. The van der Waals surface area contributed by atoms with Gasteiger partial charge in [-0.2, -0.15) is 0 Å². The van der Waals surface area contributed by atoms with Crippen LogP contribution < -0.4 is 19.7 Å². The molecule has 0 saturated carbocycles. The van der Waals surface area contributed by atoms with Crippen molar-refractivity contribution >= 4 is 17.5 Å². The minimum atomic E-state index is -0.501. The van der Waals surface area contributed by atoms with Gasteiger partial charge in [-0.1, -0.05) is 18.2 Å². The second kappa shape index (κ2) is 8.01. The molecular weight excluding hydrogens is 332 g/mol.